The number of likely N-dealkylation sites (tertiary alicyclic amines) is 2. The fourth-order valence-electron chi connectivity index (χ4n) is 5.73. The highest BCUT2D eigenvalue weighted by Crippen LogP contribution is 2.40. The molecule has 9 nitrogen and oxygen atoms in total. The highest BCUT2D eigenvalue weighted by molar-refractivity contribution is 7.18. The third kappa shape index (κ3) is 4.56. The first-order valence-electron chi connectivity index (χ1n) is 13.3. The van der Waals surface area contributed by atoms with Gasteiger partial charge in [0.1, 0.15) is 0 Å². The summed E-state index contributed by atoms with van der Waals surface area (Å²) in [7, 11) is 2.18. The molecule has 198 valence electrons. The van der Waals surface area contributed by atoms with Gasteiger partial charge in [-0.05, 0) is 69.4 Å². The van der Waals surface area contributed by atoms with Crippen molar-refractivity contribution in [1.82, 2.24) is 30.0 Å². The number of piperidine rings is 2. The van der Waals surface area contributed by atoms with Gasteiger partial charge in [-0.1, -0.05) is 19.9 Å². The lowest BCUT2D eigenvalue weighted by atomic mass is 9.81. The number of hydrogen-bond acceptors (Lipinski definition) is 7. The van der Waals surface area contributed by atoms with Crippen molar-refractivity contribution in [3.8, 4) is 0 Å². The Hall–Kier alpha value is -3.37. The van der Waals surface area contributed by atoms with Gasteiger partial charge in [-0.25, -0.2) is 4.98 Å². The average Bonchev–Trinajstić information content (AvgIpc) is 3.58. The molecule has 2 saturated heterocycles. The van der Waals surface area contributed by atoms with Gasteiger partial charge in [-0.3, -0.25) is 19.7 Å². The van der Waals surface area contributed by atoms with Crippen LogP contribution in [0.2, 0.25) is 0 Å². The molecule has 0 bridgehead atoms. The van der Waals surface area contributed by atoms with Crippen LogP contribution in [-0.4, -0.2) is 68.5 Å². The number of benzene rings is 1. The summed E-state index contributed by atoms with van der Waals surface area (Å²) in [5.74, 6) is -0.879. The number of thiazole rings is 1. The predicted molar refractivity (Wildman–Crippen MR) is 149 cm³/mol. The molecule has 2 N–H and O–H groups in total. The van der Waals surface area contributed by atoms with E-state index in [1.807, 2.05) is 0 Å². The van der Waals surface area contributed by atoms with Crippen molar-refractivity contribution in [3.63, 3.8) is 0 Å². The summed E-state index contributed by atoms with van der Waals surface area (Å²) < 4.78 is 1.17. The van der Waals surface area contributed by atoms with E-state index < -0.39 is 11.8 Å². The molecule has 1 aromatic carbocycles. The number of H-pyrrole nitrogens is 1. The summed E-state index contributed by atoms with van der Waals surface area (Å²) in [4.78, 5) is 40.0. The van der Waals surface area contributed by atoms with Gasteiger partial charge in [0.25, 0.3) is 0 Å². The van der Waals surface area contributed by atoms with Crippen molar-refractivity contribution in [3.05, 3.63) is 47.4 Å². The lowest BCUT2D eigenvalue weighted by molar-refractivity contribution is -0.146. The van der Waals surface area contributed by atoms with Crippen molar-refractivity contribution in [2.75, 3.05) is 32.0 Å². The number of nitrogens with one attached hydrogen (secondary N) is 2. The maximum absolute atomic E-state index is 13.5. The van der Waals surface area contributed by atoms with Crippen LogP contribution in [0.25, 0.3) is 21.1 Å². The number of pyridine rings is 1. The molecular weight excluding hydrogens is 498 g/mol. The fourth-order valence-corrected chi connectivity index (χ4v) is 6.87. The zero-order chi connectivity index (χ0) is 26.4. The van der Waals surface area contributed by atoms with Crippen LogP contribution in [0.1, 0.15) is 56.1 Å². The number of carbonyl (C=O) groups excluding carboxylic acids is 2. The highest BCUT2D eigenvalue weighted by Gasteiger charge is 2.36. The van der Waals surface area contributed by atoms with Gasteiger partial charge in [0.05, 0.1) is 44.9 Å². The standard InChI is InChI=1S/C28H33N7O2S/c1-17-4-6-22(35(16-17)26(37)25(36)31-21-15-29-13-19-14-30-33-24(19)21)18-5-7-23-20(12-18)32-27(38-23)28(2)8-10-34(3)11-9-28/h5,7,12-15,17,22H,4,6,8-11,16H2,1-3H3,(H,30,33)(H,31,36)/t17-,22+/m0/s1. The molecule has 6 rings (SSSR count). The second kappa shape index (κ2) is 9.74. The molecule has 0 saturated carbocycles. The van der Waals surface area contributed by atoms with Gasteiger partial charge in [0.2, 0.25) is 0 Å². The SMILES string of the molecule is C[C@H]1CC[C@H](c2ccc3sc(C4(C)CCN(C)CC4)nc3c2)N(C(=O)C(=O)Nc2cncc3cn[nH]c23)C1. The van der Waals surface area contributed by atoms with Crippen LogP contribution >= 0.6 is 11.3 Å². The quantitative estimate of drug-likeness (QED) is 0.377. The second-order valence-electron chi connectivity index (χ2n) is 11.2. The first kappa shape index (κ1) is 24.9. The van der Waals surface area contributed by atoms with E-state index in [2.05, 4.69) is 64.5 Å². The van der Waals surface area contributed by atoms with E-state index in [0.29, 0.717) is 23.7 Å². The average molecular weight is 532 g/mol. The summed E-state index contributed by atoms with van der Waals surface area (Å²) in [6.07, 6.45) is 8.84. The van der Waals surface area contributed by atoms with E-state index in [1.54, 1.807) is 28.6 Å². The van der Waals surface area contributed by atoms with Crippen LogP contribution in [-0.2, 0) is 15.0 Å². The zero-order valence-corrected chi connectivity index (χ0v) is 22.8. The monoisotopic (exact) mass is 531 g/mol. The molecule has 2 aliphatic heterocycles. The van der Waals surface area contributed by atoms with Crippen molar-refractivity contribution in [1.29, 1.82) is 0 Å². The number of aromatic nitrogens is 4. The minimum Gasteiger partial charge on any atom is -0.327 e. The summed E-state index contributed by atoms with van der Waals surface area (Å²) in [6, 6.07) is 6.20. The molecular formula is C28H33N7O2S. The molecule has 0 radical (unpaired) electrons. The fraction of sp³-hybridized carbons (Fsp3) is 0.464. The number of anilines is 1. The molecule has 38 heavy (non-hydrogen) atoms. The zero-order valence-electron chi connectivity index (χ0n) is 22.0. The number of hydrogen-bond donors (Lipinski definition) is 2. The molecule has 10 heteroatoms. The lowest BCUT2D eigenvalue weighted by Gasteiger charge is -2.38. The number of fused-ring (bicyclic) bond motifs is 2. The number of nitrogens with zero attached hydrogens (tertiary/aromatic N) is 5. The largest absolute Gasteiger partial charge is 0.327 e. The van der Waals surface area contributed by atoms with Crippen LogP contribution in [0, 0.1) is 5.92 Å². The van der Waals surface area contributed by atoms with E-state index in [9.17, 15) is 9.59 Å². The van der Waals surface area contributed by atoms with Crippen LogP contribution in [0.5, 0.6) is 0 Å². The van der Waals surface area contributed by atoms with Crippen molar-refractivity contribution in [2.24, 2.45) is 5.92 Å². The Balaban J connectivity index is 1.26. The van der Waals surface area contributed by atoms with Crippen molar-refractivity contribution < 1.29 is 9.59 Å². The van der Waals surface area contributed by atoms with E-state index in [1.165, 1.54) is 15.9 Å². The summed E-state index contributed by atoms with van der Waals surface area (Å²) in [5, 5.41) is 11.6. The maximum atomic E-state index is 13.5. The van der Waals surface area contributed by atoms with Gasteiger partial charge >= 0.3 is 11.8 Å². The van der Waals surface area contributed by atoms with Gasteiger partial charge in [-0.15, -0.1) is 11.3 Å². The third-order valence-electron chi connectivity index (χ3n) is 8.28. The molecule has 2 aliphatic rings. The van der Waals surface area contributed by atoms with E-state index in [-0.39, 0.29) is 11.5 Å². The number of amides is 2. The number of aromatic amines is 1. The summed E-state index contributed by atoms with van der Waals surface area (Å²) >= 11 is 1.79. The van der Waals surface area contributed by atoms with Gasteiger partial charge in [-0.2, -0.15) is 5.10 Å². The summed E-state index contributed by atoms with van der Waals surface area (Å²) in [6.45, 7) is 7.17. The van der Waals surface area contributed by atoms with Gasteiger partial charge < -0.3 is 15.1 Å². The Morgan fingerprint density at radius 3 is 2.79 bits per heavy atom. The van der Waals surface area contributed by atoms with E-state index in [0.717, 1.165) is 55.2 Å². The molecule has 2 atom stereocenters. The second-order valence-corrected chi connectivity index (χ2v) is 12.3. The molecule has 2 fully saturated rings. The van der Waals surface area contributed by atoms with Gasteiger partial charge in [0, 0.05) is 23.5 Å². The number of rotatable bonds is 3. The van der Waals surface area contributed by atoms with E-state index in [4.69, 9.17) is 4.98 Å². The highest BCUT2D eigenvalue weighted by atomic mass is 32.1. The molecule has 0 unspecified atom stereocenters. The molecule has 0 aliphatic carbocycles. The Morgan fingerprint density at radius 2 is 1.97 bits per heavy atom. The maximum Gasteiger partial charge on any atom is 0.314 e. The van der Waals surface area contributed by atoms with Crippen molar-refractivity contribution in [2.45, 2.75) is 51.0 Å². The first-order chi connectivity index (χ1) is 18.3. The lowest BCUT2D eigenvalue weighted by Crippen LogP contribution is -2.46. The molecule has 2 amide bonds. The van der Waals surface area contributed by atoms with Crippen LogP contribution in [0.15, 0.2) is 36.8 Å². The minimum absolute atomic E-state index is 0.100. The molecule has 4 aromatic rings. The van der Waals surface area contributed by atoms with Crippen LogP contribution in [0.4, 0.5) is 5.69 Å². The Labute approximate surface area is 225 Å². The Bertz CT molecular complexity index is 1500. The van der Waals surface area contributed by atoms with Crippen LogP contribution < -0.4 is 5.32 Å². The topological polar surface area (TPSA) is 107 Å². The molecule has 0 spiro atoms. The third-order valence-corrected chi connectivity index (χ3v) is 9.62. The van der Waals surface area contributed by atoms with E-state index >= 15 is 0 Å². The Morgan fingerprint density at radius 1 is 1.16 bits per heavy atom. The van der Waals surface area contributed by atoms with Crippen molar-refractivity contribution >= 4 is 50.0 Å². The number of carbonyl (C=O) groups is 2. The van der Waals surface area contributed by atoms with Crippen LogP contribution in [0.3, 0.4) is 0 Å². The smallest absolute Gasteiger partial charge is 0.314 e. The first-order valence-corrected chi connectivity index (χ1v) is 14.1. The predicted octanol–water partition coefficient (Wildman–Crippen LogP) is 4.49. The Kier molecular flexibility index (Phi) is 6.39. The molecule has 3 aromatic heterocycles. The normalized spacial score (nSPS) is 22.1. The molecule has 5 heterocycles. The summed E-state index contributed by atoms with van der Waals surface area (Å²) in [5.41, 5.74) is 3.21. The minimum atomic E-state index is -0.666. The van der Waals surface area contributed by atoms with Gasteiger partial charge in [0.15, 0.2) is 0 Å².